The number of rotatable bonds is 3. The van der Waals surface area contributed by atoms with Gasteiger partial charge >= 0.3 is 0 Å². The molecule has 1 fully saturated rings. The molecular weight excluding hydrogens is 198 g/mol. The number of methoxy groups -OCH3 is 1. The van der Waals surface area contributed by atoms with E-state index in [0.29, 0.717) is 5.92 Å². The van der Waals surface area contributed by atoms with E-state index >= 15 is 0 Å². The van der Waals surface area contributed by atoms with E-state index in [0.717, 1.165) is 18.7 Å². The molecule has 0 aromatic heterocycles. The van der Waals surface area contributed by atoms with Gasteiger partial charge in [0.15, 0.2) is 0 Å². The molecule has 88 valence electrons. The van der Waals surface area contributed by atoms with Crippen molar-refractivity contribution in [2.45, 2.75) is 32.1 Å². The Morgan fingerprint density at radius 2 is 2.31 bits per heavy atom. The highest BCUT2D eigenvalue weighted by atomic mass is 16.5. The monoisotopic (exact) mass is 219 g/mol. The van der Waals surface area contributed by atoms with Crippen molar-refractivity contribution in [3.63, 3.8) is 0 Å². The lowest BCUT2D eigenvalue weighted by Crippen LogP contribution is -2.28. The van der Waals surface area contributed by atoms with Crippen molar-refractivity contribution in [2.75, 3.05) is 20.2 Å². The van der Waals surface area contributed by atoms with Crippen LogP contribution in [0.15, 0.2) is 18.2 Å². The lowest BCUT2D eigenvalue weighted by atomic mass is 9.87. The Hall–Kier alpha value is -1.02. The molecule has 2 rings (SSSR count). The van der Waals surface area contributed by atoms with Crippen LogP contribution in [0.3, 0.4) is 0 Å². The molecule has 0 amide bonds. The zero-order chi connectivity index (χ0) is 11.4. The Bertz CT molecular complexity index is 343. The predicted octanol–water partition coefficient (Wildman–Crippen LogP) is 2.72. The highest BCUT2D eigenvalue weighted by molar-refractivity contribution is 5.42. The van der Waals surface area contributed by atoms with Gasteiger partial charge in [-0.2, -0.15) is 0 Å². The summed E-state index contributed by atoms with van der Waals surface area (Å²) in [5.74, 6) is 1.71. The van der Waals surface area contributed by atoms with Crippen LogP contribution in [0.1, 0.15) is 36.8 Å². The van der Waals surface area contributed by atoms with Crippen molar-refractivity contribution in [3.05, 3.63) is 29.3 Å². The number of ether oxygens (including phenoxy) is 1. The first-order valence-electron chi connectivity index (χ1n) is 6.23. The predicted molar refractivity (Wildman–Crippen MR) is 67.2 cm³/mol. The van der Waals surface area contributed by atoms with Crippen molar-refractivity contribution < 1.29 is 4.74 Å². The Labute approximate surface area is 98.0 Å². The Morgan fingerprint density at radius 1 is 1.44 bits per heavy atom. The van der Waals surface area contributed by atoms with Crippen LogP contribution in [0.25, 0.3) is 0 Å². The van der Waals surface area contributed by atoms with E-state index in [9.17, 15) is 0 Å². The second kappa shape index (κ2) is 5.35. The molecule has 1 unspecified atom stereocenters. The third-order valence-corrected chi connectivity index (χ3v) is 3.48. The van der Waals surface area contributed by atoms with Crippen molar-refractivity contribution in [3.8, 4) is 5.75 Å². The fraction of sp³-hybridized carbons (Fsp3) is 0.571. The molecule has 0 radical (unpaired) electrons. The second-order valence-electron chi connectivity index (χ2n) is 4.42. The van der Waals surface area contributed by atoms with E-state index < -0.39 is 0 Å². The third kappa shape index (κ3) is 2.22. The van der Waals surface area contributed by atoms with Crippen LogP contribution in [0.5, 0.6) is 5.75 Å². The molecule has 0 saturated carbocycles. The lowest BCUT2D eigenvalue weighted by Gasteiger charge is -2.25. The molecule has 0 spiro atoms. The smallest absolute Gasteiger partial charge is 0.122 e. The van der Waals surface area contributed by atoms with Gasteiger partial charge in [0.25, 0.3) is 0 Å². The first-order chi connectivity index (χ1) is 7.86. The summed E-state index contributed by atoms with van der Waals surface area (Å²) in [5, 5.41) is 3.48. The molecule has 1 aliphatic heterocycles. The Balaban J connectivity index is 2.30. The second-order valence-corrected chi connectivity index (χ2v) is 4.42. The van der Waals surface area contributed by atoms with Crippen molar-refractivity contribution >= 4 is 0 Å². The van der Waals surface area contributed by atoms with E-state index in [1.54, 1.807) is 7.11 Å². The molecule has 0 bridgehead atoms. The van der Waals surface area contributed by atoms with Crippen LogP contribution >= 0.6 is 0 Å². The van der Waals surface area contributed by atoms with Gasteiger partial charge in [-0.25, -0.2) is 0 Å². The van der Waals surface area contributed by atoms with E-state index in [1.165, 1.54) is 30.5 Å². The molecule has 1 aromatic rings. The average Bonchev–Trinajstić information content (AvgIpc) is 2.38. The van der Waals surface area contributed by atoms with Gasteiger partial charge in [0.05, 0.1) is 7.11 Å². The van der Waals surface area contributed by atoms with Crippen LogP contribution < -0.4 is 10.1 Å². The van der Waals surface area contributed by atoms with Gasteiger partial charge in [-0.05, 0) is 48.9 Å². The van der Waals surface area contributed by atoms with Crippen LogP contribution in [0, 0.1) is 0 Å². The minimum atomic E-state index is 0.666. The third-order valence-electron chi connectivity index (χ3n) is 3.48. The van der Waals surface area contributed by atoms with Crippen LogP contribution in [0.2, 0.25) is 0 Å². The Kier molecular flexibility index (Phi) is 3.83. The summed E-state index contributed by atoms with van der Waals surface area (Å²) in [6.45, 7) is 4.49. The summed E-state index contributed by atoms with van der Waals surface area (Å²) in [4.78, 5) is 0. The number of nitrogens with one attached hydrogen (secondary N) is 1. The summed E-state index contributed by atoms with van der Waals surface area (Å²) < 4.78 is 5.45. The van der Waals surface area contributed by atoms with Crippen molar-refractivity contribution in [2.24, 2.45) is 0 Å². The van der Waals surface area contributed by atoms with Crippen LogP contribution in [-0.2, 0) is 6.42 Å². The summed E-state index contributed by atoms with van der Waals surface area (Å²) in [7, 11) is 1.76. The van der Waals surface area contributed by atoms with Gasteiger partial charge in [-0.15, -0.1) is 0 Å². The normalized spacial score (nSPS) is 20.8. The fourth-order valence-corrected chi connectivity index (χ4v) is 2.65. The zero-order valence-corrected chi connectivity index (χ0v) is 10.3. The summed E-state index contributed by atoms with van der Waals surface area (Å²) >= 11 is 0. The lowest BCUT2D eigenvalue weighted by molar-refractivity contribution is 0.405. The maximum Gasteiger partial charge on any atom is 0.122 e. The van der Waals surface area contributed by atoms with E-state index in [4.69, 9.17) is 4.74 Å². The largest absolute Gasteiger partial charge is 0.496 e. The van der Waals surface area contributed by atoms with Crippen LogP contribution in [-0.4, -0.2) is 20.2 Å². The van der Waals surface area contributed by atoms with Crippen molar-refractivity contribution in [1.82, 2.24) is 5.32 Å². The van der Waals surface area contributed by atoms with Gasteiger partial charge in [0.1, 0.15) is 5.75 Å². The van der Waals surface area contributed by atoms with Gasteiger partial charge in [-0.3, -0.25) is 0 Å². The first-order valence-corrected chi connectivity index (χ1v) is 6.23. The Morgan fingerprint density at radius 3 is 2.94 bits per heavy atom. The molecule has 1 heterocycles. The molecule has 16 heavy (non-hydrogen) atoms. The molecular formula is C14H21NO. The average molecular weight is 219 g/mol. The molecule has 1 saturated heterocycles. The van der Waals surface area contributed by atoms with E-state index in [1.807, 2.05) is 0 Å². The quantitative estimate of drug-likeness (QED) is 0.844. The van der Waals surface area contributed by atoms with Gasteiger partial charge in [-0.1, -0.05) is 19.1 Å². The van der Waals surface area contributed by atoms with Gasteiger partial charge in [0.2, 0.25) is 0 Å². The van der Waals surface area contributed by atoms with E-state index in [2.05, 4.69) is 30.4 Å². The van der Waals surface area contributed by atoms with Crippen LogP contribution in [0.4, 0.5) is 0 Å². The fourth-order valence-electron chi connectivity index (χ4n) is 2.65. The van der Waals surface area contributed by atoms with E-state index in [-0.39, 0.29) is 0 Å². The summed E-state index contributed by atoms with van der Waals surface area (Å²) in [5.41, 5.74) is 2.87. The molecule has 2 heteroatoms. The number of hydrogen-bond acceptors (Lipinski definition) is 2. The number of benzene rings is 1. The number of piperidine rings is 1. The molecule has 1 atom stereocenters. The SMILES string of the molecule is CCc1c(OC)cccc1C1CCCNC1. The molecule has 1 N–H and O–H groups in total. The first kappa shape index (κ1) is 11.5. The molecule has 0 aliphatic carbocycles. The highest BCUT2D eigenvalue weighted by Gasteiger charge is 2.19. The van der Waals surface area contributed by atoms with Crippen molar-refractivity contribution in [1.29, 1.82) is 0 Å². The maximum atomic E-state index is 5.45. The van der Waals surface area contributed by atoms with Gasteiger partial charge < -0.3 is 10.1 Å². The minimum absolute atomic E-state index is 0.666. The standard InChI is InChI=1S/C14H21NO/c1-3-12-13(7-4-8-14(12)16-2)11-6-5-9-15-10-11/h4,7-8,11,15H,3,5-6,9-10H2,1-2H3. The minimum Gasteiger partial charge on any atom is -0.496 e. The maximum absolute atomic E-state index is 5.45. The molecule has 1 aromatic carbocycles. The summed E-state index contributed by atoms with van der Waals surface area (Å²) in [6, 6.07) is 6.44. The molecule has 2 nitrogen and oxygen atoms in total. The topological polar surface area (TPSA) is 21.3 Å². The molecule has 1 aliphatic rings. The highest BCUT2D eigenvalue weighted by Crippen LogP contribution is 2.31. The zero-order valence-electron chi connectivity index (χ0n) is 10.3. The number of hydrogen-bond donors (Lipinski definition) is 1. The van der Waals surface area contributed by atoms with Gasteiger partial charge in [0, 0.05) is 6.54 Å². The summed E-state index contributed by atoms with van der Waals surface area (Å²) in [6.07, 6.45) is 3.63.